The summed E-state index contributed by atoms with van der Waals surface area (Å²) in [4.78, 5) is 0. The third kappa shape index (κ3) is 8.97. The van der Waals surface area contributed by atoms with Crippen molar-refractivity contribution in [2.45, 2.75) is 58.8 Å². The molecule has 0 aliphatic rings. The monoisotopic (exact) mass is 241 g/mol. The van der Waals surface area contributed by atoms with Crippen molar-refractivity contribution in [3.63, 3.8) is 0 Å². The van der Waals surface area contributed by atoms with Gasteiger partial charge in [-0.25, -0.2) is 0 Å². The fourth-order valence-electron chi connectivity index (χ4n) is 1.72. The predicted molar refractivity (Wildman–Crippen MR) is 58.2 cm³/mol. The van der Waals surface area contributed by atoms with E-state index in [9.17, 15) is 13.2 Å². The Morgan fingerprint density at radius 2 is 1.62 bits per heavy atom. The van der Waals surface area contributed by atoms with Crippen LogP contribution in [-0.4, -0.2) is 30.0 Å². The number of nitrogens with one attached hydrogen (secondary N) is 1. The lowest BCUT2D eigenvalue weighted by atomic mass is 9.88. The Kier molecular flexibility index (Phi) is 5.76. The van der Waals surface area contributed by atoms with Crippen molar-refractivity contribution in [1.29, 1.82) is 0 Å². The summed E-state index contributed by atoms with van der Waals surface area (Å²) in [5.74, 6) is 0. The standard InChI is InChI=1S/C11H22F3NO/c1-8(5-11(12,13)14)15-9(7-16)6-10(2,3)4/h8-9,15-16H,5-7H2,1-4H3. The lowest BCUT2D eigenvalue weighted by molar-refractivity contribution is -0.139. The van der Waals surface area contributed by atoms with Crippen LogP contribution in [0.2, 0.25) is 0 Å². The molecule has 0 aliphatic heterocycles. The summed E-state index contributed by atoms with van der Waals surface area (Å²) in [6.07, 6.45) is -4.38. The van der Waals surface area contributed by atoms with Crippen LogP contribution < -0.4 is 5.32 Å². The van der Waals surface area contributed by atoms with Gasteiger partial charge in [-0.3, -0.25) is 0 Å². The van der Waals surface area contributed by atoms with E-state index in [4.69, 9.17) is 5.11 Å². The van der Waals surface area contributed by atoms with Crippen LogP contribution in [0, 0.1) is 5.41 Å². The van der Waals surface area contributed by atoms with Crippen molar-refractivity contribution in [2.24, 2.45) is 5.41 Å². The van der Waals surface area contributed by atoms with E-state index in [1.807, 2.05) is 20.8 Å². The molecular weight excluding hydrogens is 219 g/mol. The first-order chi connectivity index (χ1) is 7.03. The molecule has 0 amide bonds. The Labute approximate surface area is 95.2 Å². The highest BCUT2D eigenvalue weighted by Crippen LogP contribution is 2.24. The molecule has 98 valence electrons. The third-order valence-corrected chi connectivity index (χ3v) is 2.14. The molecule has 0 aromatic heterocycles. The minimum atomic E-state index is -4.16. The zero-order valence-electron chi connectivity index (χ0n) is 10.4. The highest BCUT2D eigenvalue weighted by atomic mass is 19.4. The maximum atomic E-state index is 12.1. The molecule has 0 heterocycles. The minimum absolute atomic E-state index is 0.0155. The second-order valence-electron chi connectivity index (χ2n) is 5.53. The van der Waals surface area contributed by atoms with Crippen LogP contribution in [-0.2, 0) is 0 Å². The molecule has 0 rings (SSSR count). The van der Waals surface area contributed by atoms with Crippen LogP contribution in [0.4, 0.5) is 13.2 Å². The zero-order chi connectivity index (χ0) is 13.0. The quantitative estimate of drug-likeness (QED) is 0.775. The maximum absolute atomic E-state index is 12.1. The van der Waals surface area contributed by atoms with E-state index in [1.165, 1.54) is 6.92 Å². The molecule has 2 nitrogen and oxygen atoms in total. The van der Waals surface area contributed by atoms with Gasteiger partial charge >= 0.3 is 6.18 Å². The Balaban J connectivity index is 4.12. The molecule has 0 aromatic rings. The van der Waals surface area contributed by atoms with Crippen molar-refractivity contribution < 1.29 is 18.3 Å². The fourth-order valence-corrected chi connectivity index (χ4v) is 1.72. The Bertz CT molecular complexity index is 198. The van der Waals surface area contributed by atoms with Crippen molar-refractivity contribution >= 4 is 0 Å². The lowest BCUT2D eigenvalue weighted by Crippen LogP contribution is -2.43. The van der Waals surface area contributed by atoms with E-state index in [0.717, 1.165) is 0 Å². The summed E-state index contributed by atoms with van der Waals surface area (Å²) in [6.45, 7) is 7.32. The van der Waals surface area contributed by atoms with Crippen molar-refractivity contribution in [2.75, 3.05) is 6.61 Å². The first kappa shape index (κ1) is 15.7. The molecule has 0 spiro atoms. The summed E-state index contributed by atoms with van der Waals surface area (Å²) in [5, 5.41) is 11.9. The van der Waals surface area contributed by atoms with Gasteiger partial charge in [-0.1, -0.05) is 20.8 Å². The molecule has 0 saturated carbocycles. The lowest BCUT2D eigenvalue weighted by Gasteiger charge is -2.28. The normalized spacial score (nSPS) is 17.2. The van der Waals surface area contributed by atoms with Gasteiger partial charge in [0, 0.05) is 12.1 Å². The average Bonchev–Trinajstić information content (AvgIpc) is 1.96. The van der Waals surface area contributed by atoms with Gasteiger partial charge in [-0.2, -0.15) is 13.2 Å². The third-order valence-electron chi connectivity index (χ3n) is 2.14. The van der Waals surface area contributed by atoms with Crippen molar-refractivity contribution in [3.8, 4) is 0 Å². The van der Waals surface area contributed by atoms with Crippen molar-refractivity contribution in [1.82, 2.24) is 5.32 Å². The van der Waals surface area contributed by atoms with E-state index in [-0.39, 0.29) is 18.1 Å². The molecule has 2 unspecified atom stereocenters. The van der Waals surface area contributed by atoms with Crippen LogP contribution >= 0.6 is 0 Å². The zero-order valence-corrected chi connectivity index (χ0v) is 10.4. The topological polar surface area (TPSA) is 32.3 Å². The van der Waals surface area contributed by atoms with Crippen LogP contribution in [0.3, 0.4) is 0 Å². The molecule has 2 N–H and O–H groups in total. The van der Waals surface area contributed by atoms with Crippen molar-refractivity contribution in [3.05, 3.63) is 0 Å². The first-order valence-electron chi connectivity index (χ1n) is 5.47. The number of rotatable bonds is 5. The second kappa shape index (κ2) is 5.87. The summed E-state index contributed by atoms with van der Waals surface area (Å²) in [7, 11) is 0. The van der Waals surface area contributed by atoms with Crippen LogP contribution in [0.15, 0.2) is 0 Å². The number of aliphatic hydroxyl groups is 1. The molecule has 0 aromatic carbocycles. The molecule has 0 bridgehead atoms. The molecule has 2 atom stereocenters. The SMILES string of the molecule is CC(CC(F)(F)F)NC(CO)CC(C)(C)C. The van der Waals surface area contributed by atoms with Gasteiger partial charge in [0.25, 0.3) is 0 Å². The van der Waals surface area contributed by atoms with E-state index >= 15 is 0 Å². The summed E-state index contributed by atoms with van der Waals surface area (Å²) >= 11 is 0. The van der Waals surface area contributed by atoms with Gasteiger partial charge in [-0.15, -0.1) is 0 Å². The predicted octanol–water partition coefficient (Wildman–Crippen LogP) is 2.71. The molecule has 16 heavy (non-hydrogen) atoms. The number of alkyl halides is 3. The minimum Gasteiger partial charge on any atom is -0.395 e. The summed E-state index contributed by atoms with van der Waals surface area (Å²) < 4.78 is 36.3. The van der Waals surface area contributed by atoms with Crippen LogP contribution in [0.5, 0.6) is 0 Å². The highest BCUT2D eigenvalue weighted by molar-refractivity contribution is 4.77. The van der Waals surface area contributed by atoms with Gasteiger partial charge in [0.2, 0.25) is 0 Å². The van der Waals surface area contributed by atoms with E-state index < -0.39 is 18.6 Å². The number of hydrogen-bond donors (Lipinski definition) is 2. The Hall–Kier alpha value is -0.290. The fraction of sp³-hybridized carbons (Fsp3) is 1.00. The molecule has 5 heteroatoms. The number of hydrogen-bond acceptors (Lipinski definition) is 2. The molecule has 0 radical (unpaired) electrons. The van der Waals surface area contributed by atoms with Crippen LogP contribution in [0.25, 0.3) is 0 Å². The number of halogens is 3. The van der Waals surface area contributed by atoms with Gasteiger partial charge in [0.15, 0.2) is 0 Å². The van der Waals surface area contributed by atoms with Gasteiger partial charge in [0.1, 0.15) is 0 Å². The first-order valence-corrected chi connectivity index (χ1v) is 5.47. The number of aliphatic hydroxyl groups excluding tert-OH is 1. The van der Waals surface area contributed by atoms with Crippen LogP contribution in [0.1, 0.15) is 40.5 Å². The maximum Gasteiger partial charge on any atom is 0.390 e. The van der Waals surface area contributed by atoms with Gasteiger partial charge < -0.3 is 10.4 Å². The van der Waals surface area contributed by atoms with Gasteiger partial charge in [-0.05, 0) is 18.8 Å². The largest absolute Gasteiger partial charge is 0.395 e. The van der Waals surface area contributed by atoms with E-state index in [1.54, 1.807) is 0 Å². The molecule has 0 fully saturated rings. The molecular formula is C11H22F3NO. The van der Waals surface area contributed by atoms with E-state index in [0.29, 0.717) is 6.42 Å². The highest BCUT2D eigenvalue weighted by Gasteiger charge is 2.31. The summed E-state index contributed by atoms with van der Waals surface area (Å²) in [6, 6.07) is -0.947. The van der Waals surface area contributed by atoms with Gasteiger partial charge in [0.05, 0.1) is 13.0 Å². The smallest absolute Gasteiger partial charge is 0.390 e. The second-order valence-corrected chi connectivity index (χ2v) is 5.53. The molecule has 0 aliphatic carbocycles. The Morgan fingerprint density at radius 1 is 1.12 bits per heavy atom. The molecule has 0 saturated heterocycles. The Morgan fingerprint density at radius 3 is 1.94 bits per heavy atom. The van der Waals surface area contributed by atoms with E-state index in [2.05, 4.69) is 5.32 Å². The summed E-state index contributed by atoms with van der Waals surface area (Å²) in [5.41, 5.74) is -0.0155. The average molecular weight is 241 g/mol.